The number of nitro benzene ring substituents is 1. The van der Waals surface area contributed by atoms with E-state index in [1.54, 1.807) is 12.1 Å². The quantitative estimate of drug-likeness (QED) is 0.351. The molecular formula is C21H14FN3O5S. The molecule has 2 aromatic heterocycles. The average molecular weight is 439 g/mol. The van der Waals surface area contributed by atoms with Gasteiger partial charge in [0.1, 0.15) is 16.4 Å². The molecule has 0 unspecified atom stereocenters. The number of fused-ring (bicyclic) bond motifs is 2. The minimum absolute atomic E-state index is 0.0310. The molecule has 0 aliphatic carbocycles. The number of nitro groups is 1. The number of benzene rings is 2. The number of non-ortho nitro benzene ring substituents is 1. The van der Waals surface area contributed by atoms with Crippen LogP contribution in [-0.4, -0.2) is 21.3 Å². The van der Waals surface area contributed by atoms with Crippen LogP contribution in [0.4, 0.5) is 10.1 Å². The maximum Gasteiger partial charge on any atom is 0.270 e. The molecule has 4 aromatic rings. The first kappa shape index (κ1) is 19.3. The Hall–Kier alpha value is -3.63. The molecule has 0 N–H and O–H groups in total. The van der Waals surface area contributed by atoms with Crippen molar-refractivity contribution >= 4 is 27.2 Å². The van der Waals surface area contributed by atoms with Crippen LogP contribution in [0.3, 0.4) is 0 Å². The molecule has 156 valence electrons. The van der Waals surface area contributed by atoms with Gasteiger partial charge in [0.15, 0.2) is 6.79 Å². The van der Waals surface area contributed by atoms with E-state index in [0.717, 1.165) is 0 Å². The maximum absolute atomic E-state index is 13.3. The zero-order valence-electron chi connectivity index (χ0n) is 15.9. The van der Waals surface area contributed by atoms with Crippen molar-refractivity contribution in [3.63, 3.8) is 0 Å². The molecule has 10 heteroatoms. The zero-order valence-corrected chi connectivity index (χ0v) is 16.7. The summed E-state index contributed by atoms with van der Waals surface area (Å²) in [4.78, 5) is 29.1. The Bertz CT molecular complexity index is 1380. The molecular weight excluding hydrogens is 425 g/mol. The van der Waals surface area contributed by atoms with Gasteiger partial charge in [-0.15, -0.1) is 11.3 Å². The van der Waals surface area contributed by atoms with Crippen molar-refractivity contribution in [2.75, 3.05) is 6.79 Å². The summed E-state index contributed by atoms with van der Waals surface area (Å²) in [6, 6.07) is 8.70. The van der Waals surface area contributed by atoms with E-state index in [1.807, 2.05) is 5.38 Å². The third kappa shape index (κ3) is 3.45. The van der Waals surface area contributed by atoms with E-state index < -0.39 is 4.92 Å². The van der Waals surface area contributed by atoms with Crippen LogP contribution in [-0.2, 0) is 17.9 Å². The van der Waals surface area contributed by atoms with Gasteiger partial charge in [0.05, 0.1) is 29.8 Å². The largest absolute Gasteiger partial charge is 0.467 e. The minimum Gasteiger partial charge on any atom is -0.467 e. The normalized spacial score (nSPS) is 13.1. The van der Waals surface area contributed by atoms with Crippen molar-refractivity contribution in [3.8, 4) is 16.9 Å². The molecule has 3 heterocycles. The lowest BCUT2D eigenvalue weighted by atomic mass is 10.1. The molecule has 0 saturated carbocycles. The molecule has 5 rings (SSSR count). The number of thiophene rings is 1. The Morgan fingerprint density at radius 1 is 1.26 bits per heavy atom. The van der Waals surface area contributed by atoms with Crippen LogP contribution in [0.2, 0.25) is 0 Å². The van der Waals surface area contributed by atoms with E-state index in [9.17, 15) is 19.3 Å². The van der Waals surface area contributed by atoms with Crippen molar-refractivity contribution in [2.24, 2.45) is 0 Å². The van der Waals surface area contributed by atoms with Crippen molar-refractivity contribution < 1.29 is 18.8 Å². The highest BCUT2D eigenvalue weighted by molar-refractivity contribution is 7.17. The SMILES string of the molecule is O=c1c2c(-c3ccc(F)cc3)csc2ncn1Cc1cc([N+](=O)[O-])cc2c1OCOC2. The number of hydrogen-bond donors (Lipinski definition) is 0. The fraction of sp³-hybridized carbons (Fsp3) is 0.143. The summed E-state index contributed by atoms with van der Waals surface area (Å²) < 4.78 is 25.5. The van der Waals surface area contributed by atoms with Crippen LogP contribution in [0.5, 0.6) is 5.75 Å². The first-order valence-electron chi connectivity index (χ1n) is 9.24. The number of aromatic nitrogens is 2. The van der Waals surface area contributed by atoms with Crippen LogP contribution in [0.25, 0.3) is 21.3 Å². The molecule has 0 amide bonds. The van der Waals surface area contributed by atoms with E-state index in [4.69, 9.17) is 9.47 Å². The molecule has 1 aliphatic rings. The number of rotatable bonds is 4. The van der Waals surface area contributed by atoms with Crippen LogP contribution in [0.15, 0.2) is 52.9 Å². The summed E-state index contributed by atoms with van der Waals surface area (Å²) in [5.74, 6) is 0.117. The zero-order chi connectivity index (χ0) is 21.5. The van der Waals surface area contributed by atoms with Gasteiger partial charge in [0.2, 0.25) is 0 Å². The van der Waals surface area contributed by atoms with Crippen molar-refractivity contribution in [1.29, 1.82) is 0 Å². The predicted molar refractivity (Wildman–Crippen MR) is 112 cm³/mol. The third-order valence-electron chi connectivity index (χ3n) is 5.04. The van der Waals surface area contributed by atoms with Gasteiger partial charge < -0.3 is 9.47 Å². The smallest absolute Gasteiger partial charge is 0.270 e. The molecule has 1 aliphatic heterocycles. The summed E-state index contributed by atoms with van der Waals surface area (Å²) >= 11 is 1.32. The Morgan fingerprint density at radius 3 is 2.84 bits per heavy atom. The number of nitrogens with zero attached hydrogens (tertiary/aromatic N) is 3. The van der Waals surface area contributed by atoms with Gasteiger partial charge in [0, 0.05) is 34.2 Å². The van der Waals surface area contributed by atoms with E-state index in [2.05, 4.69) is 4.98 Å². The summed E-state index contributed by atoms with van der Waals surface area (Å²) in [6.45, 7) is 0.267. The van der Waals surface area contributed by atoms with Crippen LogP contribution in [0.1, 0.15) is 11.1 Å². The molecule has 0 spiro atoms. The van der Waals surface area contributed by atoms with Crippen LogP contribution < -0.4 is 10.3 Å². The number of hydrogen-bond acceptors (Lipinski definition) is 7. The van der Waals surface area contributed by atoms with Crippen LogP contribution in [0, 0.1) is 15.9 Å². The van der Waals surface area contributed by atoms with Gasteiger partial charge in [-0.25, -0.2) is 9.37 Å². The number of ether oxygens (including phenoxy) is 2. The maximum atomic E-state index is 13.3. The van der Waals surface area contributed by atoms with Gasteiger partial charge in [-0.2, -0.15) is 0 Å². The van der Waals surface area contributed by atoms with Crippen molar-refractivity contribution in [2.45, 2.75) is 13.2 Å². The lowest BCUT2D eigenvalue weighted by molar-refractivity contribution is -0.385. The Kier molecular flexibility index (Phi) is 4.72. The van der Waals surface area contributed by atoms with Gasteiger partial charge in [-0.05, 0) is 17.7 Å². The fourth-order valence-corrected chi connectivity index (χ4v) is 4.52. The molecule has 0 bridgehead atoms. The lowest BCUT2D eigenvalue weighted by Gasteiger charge is -2.20. The Morgan fingerprint density at radius 2 is 2.06 bits per heavy atom. The highest BCUT2D eigenvalue weighted by Crippen LogP contribution is 2.34. The van der Waals surface area contributed by atoms with Crippen molar-refractivity contribution in [3.05, 3.63) is 85.5 Å². The van der Waals surface area contributed by atoms with Gasteiger partial charge in [-0.1, -0.05) is 12.1 Å². The minimum atomic E-state index is -0.492. The Labute approximate surface area is 178 Å². The summed E-state index contributed by atoms with van der Waals surface area (Å²) in [5, 5.41) is 13.6. The number of halogens is 1. The summed E-state index contributed by atoms with van der Waals surface area (Å²) in [6.07, 6.45) is 1.42. The van der Waals surface area contributed by atoms with Gasteiger partial charge >= 0.3 is 0 Å². The molecule has 0 atom stereocenters. The highest BCUT2D eigenvalue weighted by atomic mass is 32.1. The van der Waals surface area contributed by atoms with E-state index in [0.29, 0.717) is 38.2 Å². The monoisotopic (exact) mass is 439 g/mol. The second-order valence-electron chi connectivity index (χ2n) is 6.97. The molecule has 8 nitrogen and oxygen atoms in total. The Balaban J connectivity index is 1.62. The highest BCUT2D eigenvalue weighted by Gasteiger charge is 2.22. The van der Waals surface area contributed by atoms with E-state index in [1.165, 1.54) is 46.5 Å². The van der Waals surface area contributed by atoms with Gasteiger partial charge in [-0.3, -0.25) is 19.5 Å². The van der Waals surface area contributed by atoms with E-state index in [-0.39, 0.29) is 37.0 Å². The summed E-state index contributed by atoms with van der Waals surface area (Å²) in [5.41, 5.74) is 2.02. The fourth-order valence-electron chi connectivity index (χ4n) is 3.61. The second-order valence-corrected chi connectivity index (χ2v) is 7.83. The van der Waals surface area contributed by atoms with Crippen molar-refractivity contribution in [1.82, 2.24) is 9.55 Å². The topological polar surface area (TPSA) is 96.5 Å². The molecule has 0 radical (unpaired) electrons. The first-order chi connectivity index (χ1) is 15.0. The standard InChI is InChI=1S/C21H14FN3O5S/c22-15-3-1-12(2-4-15)17-9-31-20-18(17)21(26)24(10-23-20)7-13-5-16(25(27)28)6-14-8-29-11-30-19(13)14/h1-6,9-10H,7-8,11H2. The lowest BCUT2D eigenvalue weighted by Crippen LogP contribution is -2.22. The summed E-state index contributed by atoms with van der Waals surface area (Å²) in [7, 11) is 0. The molecule has 0 fully saturated rings. The van der Waals surface area contributed by atoms with Crippen LogP contribution >= 0.6 is 11.3 Å². The third-order valence-corrected chi connectivity index (χ3v) is 5.93. The van der Waals surface area contributed by atoms with E-state index >= 15 is 0 Å². The molecule has 0 saturated heterocycles. The molecule has 31 heavy (non-hydrogen) atoms. The first-order valence-corrected chi connectivity index (χ1v) is 10.1. The molecule has 2 aromatic carbocycles. The predicted octanol–water partition coefficient (Wildman–Crippen LogP) is 4.09. The second kappa shape index (κ2) is 7.56. The van der Waals surface area contributed by atoms with Gasteiger partial charge in [0.25, 0.3) is 11.2 Å². The average Bonchev–Trinajstić information content (AvgIpc) is 3.21.